The first kappa shape index (κ1) is 19.2. The van der Waals surface area contributed by atoms with Gasteiger partial charge in [-0.05, 0) is 23.3 Å². The lowest BCUT2D eigenvalue weighted by molar-refractivity contribution is -0.121. The quantitative estimate of drug-likeness (QED) is 0.713. The maximum atomic E-state index is 12.4. The van der Waals surface area contributed by atoms with Crippen LogP contribution in [0.25, 0.3) is 0 Å². The van der Waals surface area contributed by atoms with E-state index in [1.165, 1.54) is 6.92 Å². The Balaban J connectivity index is 1.99. The summed E-state index contributed by atoms with van der Waals surface area (Å²) in [7, 11) is 1.59. The number of benzene rings is 2. The summed E-state index contributed by atoms with van der Waals surface area (Å²) in [4.78, 5) is 35.2. The Morgan fingerprint density at radius 1 is 0.923 bits per heavy atom. The highest BCUT2D eigenvalue weighted by Gasteiger charge is 2.17. The van der Waals surface area contributed by atoms with Crippen LogP contribution in [0.4, 0.5) is 5.69 Å². The van der Waals surface area contributed by atoms with Gasteiger partial charge >= 0.3 is 0 Å². The van der Waals surface area contributed by atoms with Crippen LogP contribution in [0.3, 0.4) is 0 Å². The van der Waals surface area contributed by atoms with Gasteiger partial charge < -0.3 is 16.0 Å². The molecule has 0 heterocycles. The zero-order chi connectivity index (χ0) is 18.9. The Labute approximate surface area is 153 Å². The molecule has 6 nitrogen and oxygen atoms in total. The van der Waals surface area contributed by atoms with Crippen molar-refractivity contribution in [2.75, 3.05) is 12.4 Å². The number of nitrogens with one attached hydrogen (secondary N) is 3. The summed E-state index contributed by atoms with van der Waals surface area (Å²) in [6, 6.07) is 16.1. The summed E-state index contributed by atoms with van der Waals surface area (Å²) in [6.45, 7) is 1.43. The van der Waals surface area contributed by atoms with Crippen LogP contribution in [0.1, 0.15) is 30.5 Å². The Kier molecular flexibility index (Phi) is 6.91. The van der Waals surface area contributed by atoms with Crippen LogP contribution in [0, 0.1) is 0 Å². The molecule has 1 unspecified atom stereocenters. The SMILES string of the molecule is CNC(=O)Cc1ccc(NC(=O)CC(NC(C)=O)c2ccccc2)cc1. The van der Waals surface area contributed by atoms with Crippen molar-refractivity contribution in [2.24, 2.45) is 0 Å². The highest BCUT2D eigenvalue weighted by molar-refractivity contribution is 5.91. The number of amides is 3. The smallest absolute Gasteiger partial charge is 0.226 e. The van der Waals surface area contributed by atoms with E-state index in [0.717, 1.165) is 11.1 Å². The first-order valence-electron chi connectivity index (χ1n) is 8.39. The van der Waals surface area contributed by atoms with E-state index in [1.807, 2.05) is 30.3 Å². The van der Waals surface area contributed by atoms with Gasteiger partial charge in [-0.2, -0.15) is 0 Å². The van der Waals surface area contributed by atoms with Crippen LogP contribution >= 0.6 is 0 Å². The van der Waals surface area contributed by atoms with E-state index in [1.54, 1.807) is 31.3 Å². The molecule has 0 aliphatic rings. The van der Waals surface area contributed by atoms with Gasteiger partial charge in [0.15, 0.2) is 0 Å². The number of carbonyl (C=O) groups excluding carboxylic acids is 3. The first-order valence-corrected chi connectivity index (χ1v) is 8.39. The molecule has 136 valence electrons. The van der Waals surface area contributed by atoms with Gasteiger partial charge in [-0.3, -0.25) is 14.4 Å². The van der Waals surface area contributed by atoms with Gasteiger partial charge in [0.25, 0.3) is 0 Å². The Bertz CT molecular complexity index is 758. The number of carbonyl (C=O) groups is 3. The standard InChI is InChI=1S/C20H23N3O3/c1-14(24)22-18(16-6-4-3-5-7-16)13-20(26)23-17-10-8-15(9-11-17)12-19(25)21-2/h3-11,18H,12-13H2,1-2H3,(H,21,25)(H,22,24)(H,23,26). The molecule has 0 fully saturated rings. The van der Waals surface area contributed by atoms with Crippen LogP contribution < -0.4 is 16.0 Å². The molecule has 0 aliphatic carbocycles. The Hall–Kier alpha value is -3.15. The number of anilines is 1. The molecule has 2 aromatic carbocycles. The van der Waals surface area contributed by atoms with Gasteiger partial charge in [0, 0.05) is 19.7 Å². The van der Waals surface area contributed by atoms with Crippen LogP contribution in [0.2, 0.25) is 0 Å². The average molecular weight is 353 g/mol. The molecule has 0 aromatic heterocycles. The first-order chi connectivity index (χ1) is 12.5. The largest absolute Gasteiger partial charge is 0.359 e. The van der Waals surface area contributed by atoms with Gasteiger partial charge in [0.05, 0.1) is 18.9 Å². The van der Waals surface area contributed by atoms with Gasteiger partial charge in [0.2, 0.25) is 17.7 Å². The lowest BCUT2D eigenvalue weighted by atomic mass is 10.0. The van der Waals surface area contributed by atoms with E-state index in [9.17, 15) is 14.4 Å². The maximum Gasteiger partial charge on any atom is 0.226 e. The number of rotatable bonds is 7. The topological polar surface area (TPSA) is 87.3 Å². The van der Waals surface area contributed by atoms with Crippen LogP contribution in [-0.2, 0) is 20.8 Å². The van der Waals surface area contributed by atoms with Crippen LogP contribution in [-0.4, -0.2) is 24.8 Å². The highest BCUT2D eigenvalue weighted by Crippen LogP contribution is 2.18. The molecule has 0 saturated heterocycles. The molecule has 2 aromatic rings. The lowest BCUT2D eigenvalue weighted by Crippen LogP contribution is -2.29. The predicted molar refractivity (Wildman–Crippen MR) is 100 cm³/mol. The fraction of sp³-hybridized carbons (Fsp3) is 0.250. The van der Waals surface area contributed by atoms with E-state index in [2.05, 4.69) is 16.0 Å². The normalized spacial score (nSPS) is 11.3. The Morgan fingerprint density at radius 3 is 2.15 bits per heavy atom. The number of likely N-dealkylation sites (N-methyl/N-ethyl adjacent to an activating group) is 1. The molecule has 3 N–H and O–H groups in total. The summed E-state index contributed by atoms with van der Waals surface area (Å²) in [5, 5.41) is 8.19. The molecular formula is C20H23N3O3. The van der Waals surface area contributed by atoms with Crippen molar-refractivity contribution in [3.63, 3.8) is 0 Å². The zero-order valence-electron chi connectivity index (χ0n) is 14.9. The third kappa shape index (κ3) is 6.05. The van der Waals surface area contributed by atoms with Crippen molar-refractivity contribution in [2.45, 2.75) is 25.8 Å². The minimum absolute atomic E-state index is 0.0669. The molecule has 0 bridgehead atoms. The van der Waals surface area contributed by atoms with E-state index in [0.29, 0.717) is 12.1 Å². The summed E-state index contributed by atoms with van der Waals surface area (Å²) >= 11 is 0. The monoisotopic (exact) mass is 353 g/mol. The van der Waals surface area contributed by atoms with E-state index >= 15 is 0 Å². The fourth-order valence-corrected chi connectivity index (χ4v) is 2.56. The average Bonchev–Trinajstić information content (AvgIpc) is 2.63. The second kappa shape index (κ2) is 9.36. The second-order valence-electron chi connectivity index (χ2n) is 5.96. The molecule has 0 saturated carbocycles. The molecule has 1 atom stereocenters. The van der Waals surface area contributed by atoms with Gasteiger partial charge in [-0.1, -0.05) is 42.5 Å². The molecule has 2 rings (SSSR count). The molecule has 0 radical (unpaired) electrons. The minimum atomic E-state index is -0.388. The highest BCUT2D eigenvalue weighted by atomic mass is 16.2. The molecular weight excluding hydrogens is 330 g/mol. The summed E-state index contributed by atoms with van der Waals surface area (Å²) in [6.07, 6.45) is 0.424. The summed E-state index contributed by atoms with van der Waals surface area (Å²) in [5.41, 5.74) is 2.38. The molecule has 3 amide bonds. The van der Waals surface area contributed by atoms with Crippen LogP contribution in [0.5, 0.6) is 0 Å². The van der Waals surface area contributed by atoms with E-state index in [4.69, 9.17) is 0 Å². The Morgan fingerprint density at radius 2 is 1.58 bits per heavy atom. The van der Waals surface area contributed by atoms with Crippen molar-refractivity contribution in [1.29, 1.82) is 0 Å². The van der Waals surface area contributed by atoms with E-state index in [-0.39, 0.29) is 30.2 Å². The van der Waals surface area contributed by atoms with Gasteiger partial charge in [0.1, 0.15) is 0 Å². The zero-order valence-corrected chi connectivity index (χ0v) is 14.9. The van der Waals surface area contributed by atoms with Crippen molar-refractivity contribution >= 4 is 23.4 Å². The van der Waals surface area contributed by atoms with Crippen molar-refractivity contribution < 1.29 is 14.4 Å². The molecule has 0 spiro atoms. The lowest BCUT2D eigenvalue weighted by Gasteiger charge is -2.18. The summed E-state index contributed by atoms with van der Waals surface area (Å²) in [5.74, 6) is -0.459. The van der Waals surface area contributed by atoms with E-state index < -0.39 is 0 Å². The molecule has 26 heavy (non-hydrogen) atoms. The molecule has 0 aliphatic heterocycles. The van der Waals surface area contributed by atoms with Crippen molar-refractivity contribution in [3.05, 3.63) is 65.7 Å². The summed E-state index contributed by atoms with van der Waals surface area (Å²) < 4.78 is 0. The third-order valence-electron chi connectivity index (χ3n) is 3.85. The maximum absolute atomic E-state index is 12.4. The van der Waals surface area contributed by atoms with Crippen molar-refractivity contribution in [1.82, 2.24) is 10.6 Å². The predicted octanol–water partition coefficient (Wildman–Crippen LogP) is 2.18. The second-order valence-corrected chi connectivity index (χ2v) is 5.96. The van der Waals surface area contributed by atoms with Crippen molar-refractivity contribution in [3.8, 4) is 0 Å². The van der Waals surface area contributed by atoms with Gasteiger partial charge in [-0.15, -0.1) is 0 Å². The fourth-order valence-electron chi connectivity index (χ4n) is 2.56. The number of hydrogen-bond donors (Lipinski definition) is 3. The minimum Gasteiger partial charge on any atom is -0.359 e. The third-order valence-corrected chi connectivity index (χ3v) is 3.85. The number of hydrogen-bond acceptors (Lipinski definition) is 3. The van der Waals surface area contributed by atoms with Gasteiger partial charge in [-0.25, -0.2) is 0 Å². The van der Waals surface area contributed by atoms with Crippen LogP contribution in [0.15, 0.2) is 54.6 Å². The molecule has 6 heteroatoms.